The van der Waals surface area contributed by atoms with E-state index in [1.165, 1.54) is 16.8 Å². The SMILES string of the molecule is Cc1ccc2c(c1)NC[C@H](CCC(=O)O)C2. The highest BCUT2D eigenvalue weighted by Gasteiger charge is 2.18. The van der Waals surface area contributed by atoms with Gasteiger partial charge < -0.3 is 10.4 Å². The molecule has 0 unspecified atom stereocenters. The number of nitrogens with one attached hydrogen (secondary N) is 1. The lowest BCUT2D eigenvalue weighted by molar-refractivity contribution is -0.137. The minimum absolute atomic E-state index is 0.271. The van der Waals surface area contributed by atoms with Crippen LogP contribution in [0.25, 0.3) is 0 Å². The fraction of sp³-hybridized carbons (Fsp3) is 0.462. The van der Waals surface area contributed by atoms with Gasteiger partial charge in [0.2, 0.25) is 0 Å². The Morgan fingerprint density at radius 3 is 3.12 bits per heavy atom. The van der Waals surface area contributed by atoms with Crippen molar-refractivity contribution in [1.82, 2.24) is 0 Å². The normalized spacial score (nSPS) is 18.7. The molecule has 1 heterocycles. The summed E-state index contributed by atoms with van der Waals surface area (Å²) in [6.07, 6.45) is 2.03. The van der Waals surface area contributed by atoms with Crippen LogP contribution in [0.3, 0.4) is 0 Å². The van der Waals surface area contributed by atoms with Crippen molar-refractivity contribution in [2.24, 2.45) is 5.92 Å². The third-order valence-electron chi connectivity index (χ3n) is 3.12. The largest absolute Gasteiger partial charge is 0.481 e. The first kappa shape index (κ1) is 11.0. The number of aryl methyl sites for hydroxylation is 1. The minimum Gasteiger partial charge on any atom is -0.481 e. The van der Waals surface area contributed by atoms with Gasteiger partial charge in [-0.05, 0) is 42.9 Å². The van der Waals surface area contributed by atoms with E-state index in [0.717, 1.165) is 19.4 Å². The Bertz CT molecular complexity index is 401. The zero-order chi connectivity index (χ0) is 11.5. The number of carboxylic acids is 1. The van der Waals surface area contributed by atoms with Crippen LogP contribution in [0.4, 0.5) is 5.69 Å². The van der Waals surface area contributed by atoms with Gasteiger partial charge in [0, 0.05) is 18.7 Å². The van der Waals surface area contributed by atoms with Gasteiger partial charge in [-0.25, -0.2) is 0 Å². The maximum absolute atomic E-state index is 10.5. The Kier molecular flexibility index (Phi) is 3.13. The molecule has 0 radical (unpaired) electrons. The maximum atomic E-state index is 10.5. The van der Waals surface area contributed by atoms with Gasteiger partial charge >= 0.3 is 5.97 Å². The van der Waals surface area contributed by atoms with Crippen LogP contribution in [-0.4, -0.2) is 17.6 Å². The molecule has 0 saturated carbocycles. The molecule has 0 bridgehead atoms. The highest BCUT2D eigenvalue weighted by molar-refractivity contribution is 5.66. The van der Waals surface area contributed by atoms with Crippen LogP contribution in [0.2, 0.25) is 0 Å². The number of fused-ring (bicyclic) bond motifs is 1. The van der Waals surface area contributed by atoms with E-state index in [4.69, 9.17) is 5.11 Å². The molecule has 0 fully saturated rings. The first-order valence-electron chi connectivity index (χ1n) is 5.70. The minimum atomic E-state index is -0.699. The van der Waals surface area contributed by atoms with E-state index in [9.17, 15) is 4.79 Å². The predicted molar refractivity (Wildman–Crippen MR) is 63.7 cm³/mol. The lowest BCUT2D eigenvalue weighted by atomic mass is 9.90. The summed E-state index contributed by atoms with van der Waals surface area (Å²) in [5, 5.41) is 12.0. The van der Waals surface area contributed by atoms with Gasteiger partial charge in [0.05, 0.1) is 0 Å². The van der Waals surface area contributed by atoms with Crippen LogP contribution >= 0.6 is 0 Å². The van der Waals surface area contributed by atoms with Crippen molar-refractivity contribution in [3.8, 4) is 0 Å². The molecule has 1 atom stereocenters. The molecule has 16 heavy (non-hydrogen) atoms. The number of benzene rings is 1. The van der Waals surface area contributed by atoms with Gasteiger partial charge in [0.15, 0.2) is 0 Å². The van der Waals surface area contributed by atoms with Gasteiger partial charge in [0.25, 0.3) is 0 Å². The second kappa shape index (κ2) is 4.56. The van der Waals surface area contributed by atoms with Crippen LogP contribution in [-0.2, 0) is 11.2 Å². The summed E-state index contributed by atoms with van der Waals surface area (Å²) in [5.74, 6) is -0.249. The van der Waals surface area contributed by atoms with Crippen LogP contribution < -0.4 is 5.32 Å². The molecule has 0 saturated heterocycles. The summed E-state index contributed by atoms with van der Waals surface area (Å²) >= 11 is 0. The number of hydrogen-bond acceptors (Lipinski definition) is 2. The zero-order valence-electron chi connectivity index (χ0n) is 9.49. The second-order valence-corrected chi connectivity index (χ2v) is 4.54. The van der Waals surface area contributed by atoms with Crippen molar-refractivity contribution >= 4 is 11.7 Å². The summed E-state index contributed by atoms with van der Waals surface area (Å²) in [5.41, 5.74) is 3.79. The van der Waals surface area contributed by atoms with E-state index < -0.39 is 5.97 Å². The summed E-state index contributed by atoms with van der Waals surface area (Å²) in [6, 6.07) is 6.41. The van der Waals surface area contributed by atoms with E-state index in [0.29, 0.717) is 5.92 Å². The van der Waals surface area contributed by atoms with E-state index in [1.54, 1.807) is 0 Å². The topological polar surface area (TPSA) is 49.3 Å². The number of hydrogen-bond donors (Lipinski definition) is 2. The quantitative estimate of drug-likeness (QED) is 0.821. The first-order chi connectivity index (χ1) is 7.65. The van der Waals surface area contributed by atoms with Gasteiger partial charge in [-0.1, -0.05) is 12.1 Å². The van der Waals surface area contributed by atoms with Crippen molar-refractivity contribution in [3.63, 3.8) is 0 Å². The average molecular weight is 219 g/mol. The molecule has 1 aromatic carbocycles. The highest BCUT2D eigenvalue weighted by atomic mass is 16.4. The third-order valence-corrected chi connectivity index (χ3v) is 3.12. The molecule has 0 aliphatic carbocycles. The summed E-state index contributed by atoms with van der Waals surface area (Å²) < 4.78 is 0. The number of aliphatic carboxylic acids is 1. The molecule has 1 aliphatic heterocycles. The molecule has 2 N–H and O–H groups in total. The predicted octanol–water partition coefficient (Wildman–Crippen LogP) is 2.44. The monoisotopic (exact) mass is 219 g/mol. The van der Waals surface area contributed by atoms with Crippen molar-refractivity contribution in [2.45, 2.75) is 26.2 Å². The van der Waals surface area contributed by atoms with E-state index in [2.05, 4.69) is 30.4 Å². The van der Waals surface area contributed by atoms with Crippen molar-refractivity contribution in [1.29, 1.82) is 0 Å². The van der Waals surface area contributed by atoms with Crippen LogP contribution in [0.1, 0.15) is 24.0 Å². The number of anilines is 1. The smallest absolute Gasteiger partial charge is 0.303 e. The Morgan fingerprint density at radius 1 is 1.56 bits per heavy atom. The number of carboxylic acid groups (broad SMARTS) is 1. The van der Waals surface area contributed by atoms with Gasteiger partial charge in [-0.15, -0.1) is 0 Å². The first-order valence-corrected chi connectivity index (χ1v) is 5.70. The van der Waals surface area contributed by atoms with Gasteiger partial charge in [-0.2, -0.15) is 0 Å². The van der Waals surface area contributed by atoms with Crippen LogP contribution in [0, 0.1) is 12.8 Å². The molecule has 3 heteroatoms. The molecule has 0 spiro atoms. The van der Waals surface area contributed by atoms with Crippen LogP contribution in [0.15, 0.2) is 18.2 Å². The van der Waals surface area contributed by atoms with Gasteiger partial charge in [-0.3, -0.25) is 4.79 Å². The standard InChI is InChI=1S/C13H17NO2/c1-9-2-4-11-7-10(3-5-13(15)16)8-14-12(11)6-9/h2,4,6,10,14H,3,5,7-8H2,1H3,(H,15,16)/t10-/m1/s1. The fourth-order valence-electron chi connectivity index (χ4n) is 2.20. The molecule has 0 amide bonds. The molecule has 3 nitrogen and oxygen atoms in total. The lowest BCUT2D eigenvalue weighted by Crippen LogP contribution is -2.23. The maximum Gasteiger partial charge on any atom is 0.303 e. The summed E-state index contributed by atoms with van der Waals surface area (Å²) in [4.78, 5) is 10.5. The molecular weight excluding hydrogens is 202 g/mol. The summed E-state index contributed by atoms with van der Waals surface area (Å²) in [6.45, 7) is 2.97. The Labute approximate surface area is 95.5 Å². The Hall–Kier alpha value is -1.51. The molecule has 1 aliphatic rings. The fourth-order valence-corrected chi connectivity index (χ4v) is 2.20. The molecule has 0 aromatic heterocycles. The molecule has 1 aromatic rings. The van der Waals surface area contributed by atoms with Crippen molar-refractivity contribution in [2.75, 3.05) is 11.9 Å². The van der Waals surface area contributed by atoms with E-state index in [1.807, 2.05) is 0 Å². The highest BCUT2D eigenvalue weighted by Crippen LogP contribution is 2.27. The molecule has 86 valence electrons. The summed E-state index contributed by atoms with van der Waals surface area (Å²) in [7, 11) is 0. The second-order valence-electron chi connectivity index (χ2n) is 4.54. The Balaban J connectivity index is 2.01. The van der Waals surface area contributed by atoms with Crippen LogP contribution in [0.5, 0.6) is 0 Å². The number of carbonyl (C=O) groups is 1. The average Bonchev–Trinajstić information content (AvgIpc) is 2.26. The van der Waals surface area contributed by atoms with Crippen molar-refractivity contribution in [3.05, 3.63) is 29.3 Å². The third kappa shape index (κ3) is 2.54. The zero-order valence-corrected chi connectivity index (χ0v) is 9.49. The molecule has 2 rings (SSSR count). The number of rotatable bonds is 3. The van der Waals surface area contributed by atoms with Crippen molar-refractivity contribution < 1.29 is 9.90 Å². The lowest BCUT2D eigenvalue weighted by Gasteiger charge is -2.26. The van der Waals surface area contributed by atoms with E-state index in [-0.39, 0.29) is 6.42 Å². The van der Waals surface area contributed by atoms with Gasteiger partial charge in [0.1, 0.15) is 0 Å². The molecular formula is C13H17NO2. The van der Waals surface area contributed by atoms with E-state index >= 15 is 0 Å². The Morgan fingerprint density at radius 2 is 2.38 bits per heavy atom.